The van der Waals surface area contributed by atoms with E-state index in [4.69, 9.17) is 5.11 Å². The number of carbonyl (C=O) groups is 1. The number of carboxylic acids is 1. The molecule has 0 atom stereocenters. The van der Waals surface area contributed by atoms with E-state index in [9.17, 15) is 9.18 Å². The van der Waals surface area contributed by atoms with Gasteiger partial charge in [-0.3, -0.25) is 0 Å². The molecular formula is C13H11FN2O2. The first-order valence-electron chi connectivity index (χ1n) is 5.45. The topological polar surface area (TPSA) is 63.1 Å². The van der Waals surface area contributed by atoms with Crippen molar-refractivity contribution >= 4 is 5.97 Å². The first-order valence-corrected chi connectivity index (χ1v) is 5.45. The van der Waals surface area contributed by atoms with Crippen molar-refractivity contribution in [3.63, 3.8) is 0 Å². The van der Waals surface area contributed by atoms with Crippen molar-refractivity contribution in [3.05, 3.63) is 59.4 Å². The molecule has 18 heavy (non-hydrogen) atoms. The molecule has 0 unspecified atom stereocenters. The fourth-order valence-electron chi connectivity index (χ4n) is 1.64. The molecule has 0 aliphatic rings. The summed E-state index contributed by atoms with van der Waals surface area (Å²) in [6, 6.07) is 9.55. The Labute approximate surface area is 103 Å². The first-order chi connectivity index (χ1) is 8.68. The van der Waals surface area contributed by atoms with Crippen LogP contribution >= 0.6 is 0 Å². The van der Waals surface area contributed by atoms with Crippen molar-refractivity contribution in [2.45, 2.75) is 12.8 Å². The molecule has 1 aromatic carbocycles. The lowest BCUT2D eigenvalue weighted by molar-refractivity contribution is 0.0684. The summed E-state index contributed by atoms with van der Waals surface area (Å²) in [5.74, 6) is -2.23. The number of aryl methyl sites for hydroxylation is 2. The Morgan fingerprint density at radius 2 is 1.89 bits per heavy atom. The smallest absolute Gasteiger partial charge is 0.357 e. The molecule has 0 fully saturated rings. The maximum atomic E-state index is 13.7. The summed E-state index contributed by atoms with van der Waals surface area (Å²) in [7, 11) is 0. The molecule has 1 heterocycles. The predicted octanol–water partition coefficient (Wildman–Crippen LogP) is 2.10. The fourth-order valence-corrected chi connectivity index (χ4v) is 1.64. The van der Waals surface area contributed by atoms with Gasteiger partial charge in [0.2, 0.25) is 0 Å². The third kappa shape index (κ3) is 2.68. The van der Waals surface area contributed by atoms with Crippen molar-refractivity contribution in [3.8, 4) is 0 Å². The lowest BCUT2D eigenvalue weighted by Crippen LogP contribution is -2.09. The van der Waals surface area contributed by atoms with Crippen molar-refractivity contribution in [1.29, 1.82) is 0 Å². The molecule has 5 heteroatoms. The molecule has 0 aliphatic heterocycles. The van der Waals surface area contributed by atoms with E-state index in [-0.39, 0.29) is 5.69 Å². The molecule has 2 rings (SSSR count). The Morgan fingerprint density at radius 1 is 1.17 bits per heavy atom. The van der Waals surface area contributed by atoms with Crippen LogP contribution in [-0.4, -0.2) is 21.0 Å². The zero-order valence-corrected chi connectivity index (χ0v) is 9.51. The van der Waals surface area contributed by atoms with E-state index in [0.717, 1.165) is 11.9 Å². The van der Waals surface area contributed by atoms with Gasteiger partial charge in [0.25, 0.3) is 0 Å². The molecule has 0 saturated carbocycles. The zero-order chi connectivity index (χ0) is 13.0. The Hall–Kier alpha value is -2.30. The minimum absolute atomic E-state index is 0.131. The quantitative estimate of drug-likeness (QED) is 0.897. The van der Waals surface area contributed by atoms with E-state index in [1.807, 2.05) is 30.3 Å². The number of carboxylic acid groups (broad SMARTS) is 1. The number of aromatic carboxylic acids is 1. The normalized spacial score (nSPS) is 10.3. The van der Waals surface area contributed by atoms with Crippen LogP contribution in [0.4, 0.5) is 4.39 Å². The number of nitrogens with zero attached hydrogens (tertiary/aromatic N) is 2. The molecule has 0 spiro atoms. The second-order valence-corrected chi connectivity index (χ2v) is 3.77. The summed E-state index contributed by atoms with van der Waals surface area (Å²) >= 11 is 0. The highest BCUT2D eigenvalue weighted by atomic mass is 19.1. The lowest BCUT2D eigenvalue weighted by Gasteiger charge is -2.04. The highest BCUT2D eigenvalue weighted by Crippen LogP contribution is 2.11. The maximum absolute atomic E-state index is 13.7. The van der Waals surface area contributed by atoms with Crippen LogP contribution in [0.15, 0.2) is 36.7 Å². The molecule has 0 amide bonds. The van der Waals surface area contributed by atoms with E-state index in [1.165, 1.54) is 0 Å². The summed E-state index contributed by atoms with van der Waals surface area (Å²) < 4.78 is 13.7. The van der Waals surface area contributed by atoms with Crippen LogP contribution in [0.2, 0.25) is 0 Å². The van der Waals surface area contributed by atoms with Crippen LogP contribution in [0.5, 0.6) is 0 Å². The lowest BCUT2D eigenvalue weighted by atomic mass is 10.1. The number of hydrogen-bond donors (Lipinski definition) is 1. The molecular weight excluding hydrogens is 235 g/mol. The van der Waals surface area contributed by atoms with Crippen molar-refractivity contribution < 1.29 is 14.3 Å². The minimum atomic E-state index is -1.38. The largest absolute Gasteiger partial charge is 0.476 e. The van der Waals surface area contributed by atoms with Gasteiger partial charge in [0.1, 0.15) is 6.33 Å². The third-order valence-corrected chi connectivity index (χ3v) is 2.56. The average Bonchev–Trinajstić information content (AvgIpc) is 2.38. The van der Waals surface area contributed by atoms with Gasteiger partial charge in [0.05, 0.1) is 5.69 Å². The number of hydrogen-bond acceptors (Lipinski definition) is 3. The van der Waals surface area contributed by atoms with E-state index >= 15 is 0 Å². The average molecular weight is 246 g/mol. The van der Waals surface area contributed by atoms with Gasteiger partial charge in [-0.25, -0.2) is 19.2 Å². The van der Waals surface area contributed by atoms with Crippen molar-refractivity contribution in [2.24, 2.45) is 0 Å². The van der Waals surface area contributed by atoms with Crippen LogP contribution in [-0.2, 0) is 12.8 Å². The molecule has 1 aromatic heterocycles. The van der Waals surface area contributed by atoms with Crippen LogP contribution < -0.4 is 0 Å². The molecule has 0 radical (unpaired) electrons. The SMILES string of the molecule is O=C(O)c1ncnc(CCc2ccccc2)c1F. The Morgan fingerprint density at radius 3 is 2.56 bits per heavy atom. The Bertz CT molecular complexity index is 558. The summed E-state index contributed by atoms with van der Waals surface area (Å²) in [5.41, 5.74) is 0.603. The van der Waals surface area contributed by atoms with Gasteiger partial charge in [-0.2, -0.15) is 0 Å². The molecule has 4 nitrogen and oxygen atoms in total. The van der Waals surface area contributed by atoms with E-state index < -0.39 is 17.5 Å². The van der Waals surface area contributed by atoms with Gasteiger partial charge in [-0.05, 0) is 18.4 Å². The van der Waals surface area contributed by atoms with Crippen LogP contribution in [0.25, 0.3) is 0 Å². The molecule has 0 bridgehead atoms. The van der Waals surface area contributed by atoms with Gasteiger partial charge < -0.3 is 5.11 Å². The Kier molecular flexibility index (Phi) is 3.62. The zero-order valence-electron chi connectivity index (χ0n) is 9.51. The van der Waals surface area contributed by atoms with Gasteiger partial charge in [0, 0.05) is 0 Å². The highest BCUT2D eigenvalue weighted by Gasteiger charge is 2.16. The van der Waals surface area contributed by atoms with Gasteiger partial charge in [-0.15, -0.1) is 0 Å². The number of benzene rings is 1. The fraction of sp³-hybridized carbons (Fsp3) is 0.154. The maximum Gasteiger partial charge on any atom is 0.357 e. The molecule has 0 aliphatic carbocycles. The summed E-state index contributed by atoms with van der Waals surface area (Å²) in [6.07, 6.45) is 2.03. The summed E-state index contributed by atoms with van der Waals surface area (Å²) in [4.78, 5) is 17.9. The second-order valence-electron chi connectivity index (χ2n) is 3.77. The van der Waals surface area contributed by atoms with Crippen molar-refractivity contribution in [1.82, 2.24) is 9.97 Å². The van der Waals surface area contributed by atoms with Gasteiger partial charge in [0.15, 0.2) is 11.5 Å². The van der Waals surface area contributed by atoms with Gasteiger partial charge >= 0.3 is 5.97 Å². The standard InChI is InChI=1S/C13H11FN2O2/c14-11-10(15-8-16-12(11)13(17)18)7-6-9-4-2-1-3-5-9/h1-5,8H,6-7H2,(H,17,18). The number of rotatable bonds is 4. The van der Waals surface area contributed by atoms with E-state index in [2.05, 4.69) is 9.97 Å². The van der Waals surface area contributed by atoms with Crippen LogP contribution in [0, 0.1) is 5.82 Å². The van der Waals surface area contributed by atoms with E-state index in [0.29, 0.717) is 12.8 Å². The summed E-state index contributed by atoms with van der Waals surface area (Å²) in [5, 5.41) is 8.75. The monoisotopic (exact) mass is 246 g/mol. The molecule has 2 aromatic rings. The molecule has 1 N–H and O–H groups in total. The second kappa shape index (κ2) is 5.35. The number of aromatic nitrogens is 2. The van der Waals surface area contributed by atoms with Gasteiger partial charge in [-0.1, -0.05) is 30.3 Å². The first kappa shape index (κ1) is 12.2. The number of halogens is 1. The molecule has 92 valence electrons. The predicted molar refractivity (Wildman–Crippen MR) is 62.8 cm³/mol. The third-order valence-electron chi connectivity index (χ3n) is 2.56. The van der Waals surface area contributed by atoms with Crippen LogP contribution in [0.1, 0.15) is 21.7 Å². The summed E-state index contributed by atoms with van der Waals surface area (Å²) in [6.45, 7) is 0. The molecule has 0 saturated heterocycles. The van der Waals surface area contributed by atoms with Crippen LogP contribution in [0.3, 0.4) is 0 Å². The van der Waals surface area contributed by atoms with Crippen molar-refractivity contribution in [2.75, 3.05) is 0 Å². The Balaban J connectivity index is 2.15. The minimum Gasteiger partial charge on any atom is -0.476 e. The highest BCUT2D eigenvalue weighted by molar-refractivity contribution is 5.85. The van der Waals surface area contributed by atoms with E-state index in [1.54, 1.807) is 0 Å².